The van der Waals surface area contributed by atoms with Crippen LogP contribution in [0.4, 0.5) is 0 Å². The second-order valence-corrected chi connectivity index (χ2v) is 8.50. The number of hydrogen-bond acceptors (Lipinski definition) is 5. The number of carbonyl (C=O) groups excluding carboxylic acids is 1. The molecule has 6 heteroatoms. The summed E-state index contributed by atoms with van der Waals surface area (Å²) in [7, 11) is 0. The van der Waals surface area contributed by atoms with Crippen molar-refractivity contribution in [1.29, 1.82) is 0 Å². The number of carbonyl (C=O) groups is 1. The first-order chi connectivity index (χ1) is 16.6. The summed E-state index contributed by atoms with van der Waals surface area (Å²) in [5, 5.41) is 11.0. The predicted octanol–water partition coefficient (Wildman–Crippen LogP) is 6.78. The fraction of sp³-hybridized carbons (Fsp3) is 0.250. The number of aromatic hydroxyl groups is 1. The van der Waals surface area contributed by atoms with Gasteiger partial charge in [0.2, 0.25) is 0 Å². The van der Waals surface area contributed by atoms with Crippen LogP contribution in [-0.4, -0.2) is 17.7 Å². The predicted molar refractivity (Wildman–Crippen MR) is 131 cm³/mol. The molecule has 1 N–H and O–H groups in total. The van der Waals surface area contributed by atoms with Gasteiger partial charge < -0.3 is 19.3 Å². The van der Waals surface area contributed by atoms with Crippen molar-refractivity contribution < 1.29 is 24.1 Å². The molecular formula is C28H27ClO5. The largest absolute Gasteiger partial charge is 0.508 e. The molecule has 0 aliphatic carbocycles. The summed E-state index contributed by atoms with van der Waals surface area (Å²) in [6, 6.07) is 23.7. The summed E-state index contributed by atoms with van der Waals surface area (Å²) in [5.41, 5.74) is 1.48. The van der Waals surface area contributed by atoms with Gasteiger partial charge in [0.25, 0.3) is 0 Å². The topological polar surface area (TPSA) is 65.0 Å². The molecule has 3 aromatic carbocycles. The average Bonchev–Trinajstić information content (AvgIpc) is 2.85. The van der Waals surface area contributed by atoms with Crippen molar-refractivity contribution in [3.05, 3.63) is 107 Å². The summed E-state index contributed by atoms with van der Waals surface area (Å²) in [6.45, 7) is 0.440. The Morgan fingerprint density at radius 3 is 2.44 bits per heavy atom. The maximum atomic E-state index is 12.0. The smallest absolute Gasteiger partial charge is 0.311 e. The first-order valence-corrected chi connectivity index (χ1v) is 11.7. The number of phenolic OH excluding ortho intramolecular Hbond substituents is 1. The third-order valence-corrected chi connectivity index (χ3v) is 6.00. The quantitative estimate of drug-likeness (QED) is 0.219. The molecule has 0 amide bonds. The van der Waals surface area contributed by atoms with E-state index < -0.39 is 6.29 Å². The number of rotatable bonds is 8. The van der Waals surface area contributed by atoms with Crippen LogP contribution in [0.3, 0.4) is 0 Å². The fourth-order valence-electron chi connectivity index (χ4n) is 3.92. The highest BCUT2D eigenvalue weighted by Gasteiger charge is 2.35. The van der Waals surface area contributed by atoms with Gasteiger partial charge in [0.15, 0.2) is 6.29 Å². The van der Waals surface area contributed by atoms with Crippen molar-refractivity contribution in [2.45, 2.75) is 31.7 Å². The molecule has 34 heavy (non-hydrogen) atoms. The minimum atomic E-state index is -0.619. The molecule has 176 valence electrons. The maximum Gasteiger partial charge on any atom is 0.311 e. The zero-order chi connectivity index (χ0) is 23.8. The van der Waals surface area contributed by atoms with Crippen LogP contribution >= 0.6 is 11.6 Å². The molecule has 3 aromatic rings. The van der Waals surface area contributed by atoms with E-state index in [0.29, 0.717) is 42.2 Å². The fourth-order valence-corrected chi connectivity index (χ4v) is 4.14. The van der Waals surface area contributed by atoms with Gasteiger partial charge >= 0.3 is 5.97 Å². The summed E-state index contributed by atoms with van der Waals surface area (Å²) >= 11 is 6.36. The van der Waals surface area contributed by atoms with E-state index in [1.54, 1.807) is 30.3 Å². The van der Waals surface area contributed by atoms with Gasteiger partial charge in [-0.15, -0.1) is 0 Å². The average molecular weight is 479 g/mol. The van der Waals surface area contributed by atoms with Gasteiger partial charge in [0, 0.05) is 28.5 Å². The van der Waals surface area contributed by atoms with Crippen LogP contribution in [-0.2, 0) is 14.3 Å². The van der Waals surface area contributed by atoms with E-state index in [1.165, 1.54) is 0 Å². The van der Waals surface area contributed by atoms with Gasteiger partial charge in [-0.3, -0.25) is 4.79 Å². The van der Waals surface area contributed by atoms with Crippen LogP contribution < -0.4 is 4.74 Å². The van der Waals surface area contributed by atoms with Gasteiger partial charge in [0.1, 0.15) is 11.5 Å². The van der Waals surface area contributed by atoms with Crippen LogP contribution in [0.25, 0.3) is 0 Å². The number of benzene rings is 3. The second kappa shape index (κ2) is 11.8. The van der Waals surface area contributed by atoms with Crippen molar-refractivity contribution in [1.82, 2.24) is 0 Å². The van der Waals surface area contributed by atoms with E-state index in [9.17, 15) is 9.90 Å². The molecule has 1 saturated heterocycles. The van der Waals surface area contributed by atoms with E-state index in [1.807, 2.05) is 60.7 Å². The summed E-state index contributed by atoms with van der Waals surface area (Å²) in [5.74, 6) is 0.450. The van der Waals surface area contributed by atoms with Crippen molar-refractivity contribution in [2.75, 3.05) is 6.61 Å². The highest BCUT2D eigenvalue weighted by Crippen LogP contribution is 2.43. The van der Waals surface area contributed by atoms with Crippen molar-refractivity contribution in [2.24, 2.45) is 5.92 Å². The minimum absolute atomic E-state index is 0.0143. The maximum absolute atomic E-state index is 12.0. The Morgan fingerprint density at radius 2 is 1.68 bits per heavy atom. The first-order valence-electron chi connectivity index (χ1n) is 11.3. The van der Waals surface area contributed by atoms with Crippen molar-refractivity contribution in [3.63, 3.8) is 0 Å². The zero-order valence-electron chi connectivity index (χ0n) is 18.7. The number of phenols is 1. The SMILES string of the molecule is O=C(CC/C=C\C[C@@H]1COC(c2ccccc2Cl)O[C@@H]1c1ccccc1O)Oc1ccccc1. The zero-order valence-corrected chi connectivity index (χ0v) is 19.4. The molecule has 1 aliphatic rings. The molecular weight excluding hydrogens is 452 g/mol. The van der Waals surface area contributed by atoms with Crippen LogP contribution in [0.15, 0.2) is 91.0 Å². The first kappa shape index (κ1) is 24.0. The van der Waals surface area contributed by atoms with Crippen molar-refractivity contribution in [3.8, 4) is 11.5 Å². The molecule has 3 atom stereocenters. The third-order valence-electron chi connectivity index (χ3n) is 5.66. The molecule has 5 nitrogen and oxygen atoms in total. The van der Waals surface area contributed by atoms with Crippen LogP contribution in [0, 0.1) is 5.92 Å². The summed E-state index contributed by atoms with van der Waals surface area (Å²) in [4.78, 5) is 12.0. The van der Waals surface area contributed by atoms with Gasteiger partial charge in [-0.2, -0.15) is 0 Å². The molecule has 1 fully saturated rings. The van der Waals surface area contributed by atoms with Crippen molar-refractivity contribution >= 4 is 17.6 Å². The number of para-hydroxylation sites is 2. The van der Waals surface area contributed by atoms with E-state index in [0.717, 1.165) is 5.56 Å². The monoisotopic (exact) mass is 478 g/mol. The van der Waals surface area contributed by atoms with E-state index in [-0.39, 0.29) is 23.7 Å². The Morgan fingerprint density at radius 1 is 0.971 bits per heavy atom. The number of allylic oxidation sites excluding steroid dienone is 2. The number of halogens is 1. The number of ether oxygens (including phenoxy) is 3. The lowest BCUT2D eigenvalue weighted by Gasteiger charge is -2.37. The Bertz CT molecular complexity index is 1110. The van der Waals surface area contributed by atoms with Crippen LogP contribution in [0.1, 0.15) is 42.8 Å². The van der Waals surface area contributed by atoms with Gasteiger partial charge in [-0.05, 0) is 37.1 Å². The van der Waals surface area contributed by atoms with E-state index >= 15 is 0 Å². The van der Waals surface area contributed by atoms with E-state index in [2.05, 4.69) is 0 Å². The lowest BCUT2D eigenvalue weighted by Crippen LogP contribution is -2.30. The molecule has 0 radical (unpaired) electrons. The number of esters is 1. The highest BCUT2D eigenvalue weighted by atomic mass is 35.5. The second-order valence-electron chi connectivity index (χ2n) is 8.10. The Kier molecular flexibility index (Phi) is 8.36. The normalized spacial score (nSPS) is 20.3. The minimum Gasteiger partial charge on any atom is -0.508 e. The Hall–Kier alpha value is -3.12. The lowest BCUT2D eigenvalue weighted by atomic mass is 9.91. The Balaban J connectivity index is 1.37. The standard InChI is InChI=1S/C28H27ClO5/c29-24-16-9-7-14-22(24)28-32-19-20(27(34-28)23-15-8-10-17-25(23)30)11-3-1-6-18-26(31)33-21-12-4-2-5-13-21/h1-5,7-10,12-17,20,27-28,30H,6,11,18-19H2/b3-1-/t20-,27+,28?/m1/s1. The van der Waals surface area contributed by atoms with E-state index in [4.69, 9.17) is 25.8 Å². The third kappa shape index (κ3) is 6.26. The molecule has 0 bridgehead atoms. The molecule has 1 heterocycles. The van der Waals surface area contributed by atoms with Gasteiger partial charge in [-0.1, -0.05) is 78.4 Å². The van der Waals surface area contributed by atoms with Crippen LogP contribution in [0.5, 0.6) is 11.5 Å². The summed E-state index contributed by atoms with van der Waals surface area (Å²) in [6.07, 6.45) is 4.53. The highest BCUT2D eigenvalue weighted by molar-refractivity contribution is 6.31. The molecule has 0 aromatic heterocycles. The van der Waals surface area contributed by atoms with Gasteiger partial charge in [-0.25, -0.2) is 0 Å². The molecule has 1 unspecified atom stereocenters. The molecule has 0 spiro atoms. The Labute approximate surface area is 204 Å². The van der Waals surface area contributed by atoms with Gasteiger partial charge in [0.05, 0.1) is 12.7 Å². The molecule has 1 aliphatic heterocycles. The molecule has 4 rings (SSSR count). The number of hydrogen-bond donors (Lipinski definition) is 1. The lowest BCUT2D eigenvalue weighted by molar-refractivity contribution is -0.244. The molecule has 0 saturated carbocycles. The van der Waals surface area contributed by atoms with Crippen LogP contribution in [0.2, 0.25) is 5.02 Å². The summed E-state index contributed by atoms with van der Waals surface area (Å²) < 4.78 is 17.6.